The van der Waals surface area contributed by atoms with E-state index in [1.165, 1.54) is 11.3 Å². The molecule has 3 aromatic rings. The molecule has 3 aromatic heterocycles. The van der Waals surface area contributed by atoms with Crippen molar-refractivity contribution in [3.05, 3.63) is 28.2 Å². The fraction of sp³-hybridized carbons (Fsp3) is 0.182. The van der Waals surface area contributed by atoms with Crippen LogP contribution in [0.15, 0.2) is 17.5 Å². The van der Waals surface area contributed by atoms with Gasteiger partial charge in [-0.3, -0.25) is 4.79 Å². The minimum atomic E-state index is -0.219. The molecule has 0 aliphatic heterocycles. The molecule has 1 atom stereocenters. The molecule has 0 fully saturated rings. The third-order valence-corrected chi connectivity index (χ3v) is 4.46. The quantitative estimate of drug-likeness (QED) is 0.689. The fourth-order valence-electron chi connectivity index (χ4n) is 1.73. The molecule has 19 heavy (non-hydrogen) atoms. The van der Waals surface area contributed by atoms with Gasteiger partial charge in [-0.2, -0.15) is 0 Å². The number of rotatable bonds is 3. The van der Waals surface area contributed by atoms with Crippen molar-refractivity contribution in [3.8, 4) is 0 Å². The summed E-state index contributed by atoms with van der Waals surface area (Å²) < 4.78 is 1.07. The number of fused-ring (bicyclic) bond motifs is 1. The van der Waals surface area contributed by atoms with E-state index in [2.05, 4.69) is 20.5 Å². The van der Waals surface area contributed by atoms with Crippen LogP contribution in [0.3, 0.4) is 0 Å². The van der Waals surface area contributed by atoms with Crippen molar-refractivity contribution < 1.29 is 4.79 Å². The molecule has 0 aromatic carbocycles. The number of hydrogen-bond acceptors (Lipinski definition) is 6. The smallest absolute Gasteiger partial charge is 0.268 e. The van der Waals surface area contributed by atoms with Gasteiger partial charge in [0.1, 0.15) is 10.7 Å². The van der Waals surface area contributed by atoms with Gasteiger partial charge in [-0.15, -0.1) is 21.5 Å². The Morgan fingerprint density at radius 3 is 3.05 bits per heavy atom. The number of thiophene rings is 1. The first-order valence-corrected chi connectivity index (χ1v) is 7.29. The summed E-state index contributed by atoms with van der Waals surface area (Å²) in [5.41, 5.74) is 7.05. The van der Waals surface area contributed by atoms with Crippen LogP contribution in [0.25, 0.3) is 10.2 Å². The monoisotopic (exact) mass is 293 g/mol. The Labute approximate surface area is 116 Å². The van der Waals surface area contributed by atoms with Crippen molar-refractivity contribution in [3.63, 3.8) is 0 Å². The maximum atomic E-state index is 12.1. The first-order valence-electron chi connectivity index (χ1n) is 5.59. The van der Waals surface area contributed by atoms with E-state index in [0.29, 0.717) is 15.8 Å². The van der Waals surface area contributed by atoms with Crippen LogP contribution in [0.2, 0.25) is 0 Å². The average Bonchev–Trinajstić information content (AvgIpc) is 3.02. The number of nitrogens with one attached hydrogen (secondary N) is 2. The van der Waals surface area contributed by atoms with Crippen LogP contribution in [0.1, 0.15) is 28.5 Å². The largest absolute Gasteiger partial charge is 0.374 e. The van der Waals surface area contributed by atoms with Crippen molar-refractivity contribution in [2.24, 2.45) is 0 Å². The number of nitrogens with zero attached hydrogens (tertiary/aromatic N) is 2. The summed E-state index contributed by atoms with van der Waals surface area (Å²) >= 11 is 2.87. The summed E-state index contributed by atoms with van der Waals surface area (Å²) in [5.74, 6) is -0.162. The van der Waals surface area contributed by atoms with Gasteiger partial charge in [-0.25, -0.2) is 0 Å². The zero-order chi connectivity index (χ0) is 13.4. The van der Waals surface area contributed by atoms with Gasteiger partial charge >= 0.3 is 0 Å². The minimum Gasteiger partial charge on any atom is -0.374 e. The predicted octanol–water partition coefficient (Wildman–Crippen LogP) is 2.15. The third-order valence-electron chi connectivity index (χ3n) is 2.66. The van der Waals surface area contributed by atoms with Crippen LogP contribution < -0.4 is 11.1 Å². The van der Waals surface area contributed by atoms with E-state index in [1.54, 1.807) is 11.3 Å². The number of nitrogen functional groups attached to an aromatic ring is 1. The van der Waals surface area contributed by atoms with Gasteiger partial charge in [-0.1, -0.05) is 11.3 Å². The zero-order valence-corrected chi connectivity index (χ0v) is 11.6. The van der Waals surface area contributed by atoms with Crippen LogP contribution in [0.5, 0.6) is 0 Å². The molecule has 0 aliphatic rings. The lowest BCUT2D eigenvalue weighted by atomic mass is 10.3. The second kappa shape index (κ2) is 4.63. The average molecular weight is 293 g/mol. The molecule has 0 spiro atoms. The maximum Gasteiger partial charge on any atom is 0.268 e. The molecule has 0 saturated carbocycles. The number of aromatic nitrogens is 3. The fourth-order valence-corrected chi connectivity index (χ4v) is 3.12. The highest BCUT2D eigenvalue weighted by molar-refractivity contribution is 7.17. The highest BCUT2D eigenvalue weighted by Crippen LogP contribution is 2.22. The Bertz CT molecular complexity index is 700. The van der Waals surface area contributed by atoms with Crippen LogP contribution in [-0.2, 0) is 0 Å². The summed E-state index contributed by atoms with van der Waals surface area (Å²) in [5, 5.41) is 13.6. The first-order chi connectivity index (χ1) is 9.13. The lowest BCUT2D eigenvalue weighted by Crippen LogP contribution is -2.26. The molecule has 0 radical (unpaired) electrons. The van der Waals surface area contributed by atoms with Gasteiger partial charge in [-0.05, 0) is 24.4 Å². The van der Waals surface area contributed by atoms with Gasteiger partial charge in [0.2, 0.25) is 5.13 Å². The minimum absolute atomic E-state index is 0.162. The second-order valence-corrected chi connectivity index (χ2v) is 6.04. The molecule has 6 nitrogen and oxygen atoms in total. The van der Waals surface area contributed by atoms with E-state index in [0.717, 1.165) is 10.2 Å². The van der Waals surface area contributed by atoms with E-state index < -0.39 is 0 Å². The summed E-state index contributed by atoms with van der Waals surface area (Å²) in [6.45, 7) is 1.85. The molecule has 0 unspecified atom stereocenters. The number of carbonyl (C=O) groups excluding carboxylic acids is 1. The first kappa shape index (κ1) is 12.1. The molecule has 4 N–H and O–H groups in total. The SMILES string of the molecule is C[C@@H](NC(=O)c1cc2sccc2[nH]1)c1nnc(N)s1. The van der Waals surface area contributed by atoms with Gasteiger partial charge in [0.25, 0.3) is 5.91 Å². The molecular formula is C11H11N5OS2. The van der Waals surface area contributed by atoms with E-state index >= 15 is 0 Å². The Balaban J connectivity index is 1.76. The van der Waals surface area contributed by atoms with Crippen molar-refractivity contribution >= 4 is 43.9 Å². The molecule has 0 bridgehead atoms. The Morgan fingerprint density at radius 1 is 1.53 bits per heavy atom. The highest BCUT2D eigenvalue weighted by Gasteiger charge is 2.16. The summed E-state index contributed by atoms with van der Waals surface area (Å²) in [4.78, 5) is 15.2. The molecule has 98 valence electrons. The van der Waals surface area contributed by atoms with Crippen molar-refractivity contribution in [2.75, 3.05) is 5.73 Å². The van der Waals surface area contributed by atoms with Crippen LogP contribution in [0, 0.1) is 0 Å². The Kier molecular flexibility index (Phi) is 2.96. The Morgan fingerprint density at radius 2 is 2.37 bits per heavy atom. The molecule has 0 aliphatic carbocycles. The van der Waals surface area contributed by atoms with E-state index in [1.807, 2.05) is 24.4 Å². The van der Waals surface area contributed by atoms with Crippen molar-refractivity contribution in [2.45, 2.75) is 13.0 Å². The molecule has 3 rings (SSSR count). The standard InChI is InChI=1S/C11H11N5OS2/c1-5(10-15-16-11(12)19-10)13-9(17)7-4-8-6(14-7)2-3-18-8/h2-5,14H,1H3,(H2,12,16)(H,13,17)/t5-/m1/s1. The third kappa shape index (κ3) is 2.32. The van der Waals surface area contributed by atoms with Crippen LogP contribution in [-0.4, -0.2) is 21.1 Å². The van der Waals surface area contributed by atoms with Gasteiger partial charge < -0.3 is 16.0 Å². The number of aromatic amines is 1. The van der Waals surface area contributed by atoms with Gasteiger partial charge in [0.05, 0.1) is 16.3 Å². The molecule has 3 heterocycles. The van der Waals surface area contributed by atoms with Crippen molar-refractivity contribution in [1.29, 1.82) is 0 Å². The number of amides is 1. The van der Waals surface area contributed by atoms with E-state index in [4.69, 9.17) is 5.73 Å². The lowest BCUT2D eigenvalue weighted by Gasteiger charge is -2.09. The normalized spacial score (nSPS) is 12.7. The molecule has 0 saturated heterocycles. The number of H-pyrrole nitrogens is 1. The zero-order valence-electron chi connectivity index (χ0n) is 10.0. The van der Waals surface area contributed by atoms with Gasteiger partial charge in [0.15, 0.2) is 0 Å². The lowest BCUT2D eigenvalue weighted by molar-refractivity contribution is 0.0935. The van der Waals surface area contributed by atoms with Crippen LogP contribution in [0.4, 0.5) is 5.13 Å². The van der Waals surface area contributed by atoms with Crippen molar-refractivity contribution in [1.82, 2.24) is 20.5 Å². The highest BCUT2D eigenvalue weighted by atomic mass is 32.1. The number of carbonyl (C=O) groups is 1. The van der Waals surface area contributed by atoms with Gasteiger partial charge in [0, 0.05) is 0 Å². The number of nitrogens with two attached hydrogens (primary N) is 1. The maximum absolute atomic E-state index is 12.1. The predicted molar refractivity (Wildman–Crippen MR) is 76.4 cm³/mol. The summed E-state index contributed by atoms with van der Waals surface area (Å²) in [6.07, 6.45) is 0. The summed E-state index contributed by atoms with van der Waals surface area (Å²) in [7, 11) is 0. The van der Waals surface area contributed by atoms with E-state index in [9.17, 15) is 4.79 Å². The van der Waals surface area contributed by atoms with Crippen LogP contribution >= 0.6 is 22.7 Å². The molecule has 8 heteroatoms. The topological polar surface area (TPSA) is 96.7 Å². The number of hydrogen-bond donors (Lipinski definition) is 3. The van der Waals surface area contributed by atoms with E-state index in [-0.39, 0.29) is 11.9 Å². The Hall–Kier alpha value is -1.93. The second-order valence-electron chi connectivity index (χ2n) is 4.06. The molecular weight excluding hydrogens is 282 g/mol. The summed E-state index contributed by atoms with van der Waals surface area (Å²) in [6, 6.07) is 3.57. The molecule has 1 amide bonds. The number of anilines is 1.